The zero-order valence-corrected chi connectivity index (χ0v) is 10.7. The third-order valence-electron chi connectivity index (χ3n) is 2.59. The van der Waals surface area contributed by atoms with Gasteiger partial charge >= 0.3 is 5.97 Å². The number of ether oxygens (including phenoxy) is 2. The third-order valence-corrected chi connectivity index (χ3v) is 2.59. The molecule has 0 bridgehead atoms. The fourth-order valence-corrected chi connectivity index (χ4v) is 1.55. The van der Waals surface area contributed by atoms with E-state index in [4.69, 9.17) is 14.6 Å². The van der Waals surface area contributed by atoms with Crippen LogP contribution in [-0.2, 0) is 4.79 Å². The standard InChI is InChI=1S/C13H18O5/c1-4-11(13(15)16)18-12-7-9(17-3)5-6-10(12)8(2)14/h5-8,11,14H,4H2,1-3H3,(H,15,16)/t8-,11?/m1/s1. The minimum absolute atomic E-state index is 0.332. The maximum atomic E-state index is 11.0. The monoisotopic (exact) mass is 254 g/mol. The van der Waals surface area contributed by atoms with Crippen molar-refractivity contribution in [2.45, 2.75) is 32.5 Å². The van der Waals surface area contributed by atoms with Gasteiger partial charge in [-0.1, -0.05) is 6.92 Å². The number of carbonyl (C=O) groups is 1. The summed E-state index contributed by atoms with van der Waals surface area (Å²) in [7, 11) is 1.51. The van der Waals surface area contributed by atoms with Crippen molar-refractivity contribution >= 4 is 5.97 Å². The predicted molar refractivity (Wildman–Crippen MR) is 66.0 cm³/mol. The molecule has 0 heterocycles. The molecule has 0 aliphatic rings. The molecule has 0 aliphatic carbocycles. The van der Waals surface area contributed by atoms with Crippen LogP contribution in [0.3, 0.4) is 0 Å². The number of aliphatic hydroxyl groups excluding tert-OH is 1. The number of aliphatic hydroxyl groups is 1. The largest absolute Gasteiger partial charge is 0.497 e. The van der Waals surface area contributed by atoms with Gasteiger partial charge in [0.2, 0.25) is 0 Å². The Morgan fingerprint density at radius 1 is 1.44 bits per heavy atom. The zero-order chi connectivity index (χ0) is 13.7. The molecule has 5 heteroatoms. The highest BCUT2D eigenvalue weighted by Gasteiger charge is 2.20. The van der Waals surface area contributed by atoms with Crippen molar-refractivity contribution in [2.75, 3.05) is 7.11 Å². The lowest BCUT2D eigenvalue weighted by atomic mass is 10.1. The highest BCUT2D eigenvalue weighted by Crippen LogP contribution is 2.30. The topological polar surface area (TPSA) is 76.0 Å². The molecule has 100 valence electrons. The molecule has 0 fully saturated rings. The second kappa shape index (κ2) is 6.26. The van der Waals surface area contributed by atoms with Crippen LogP contribution < -0.4 is 9.47 Å². The summed E-state index contributed by atoms with van der Waals surface area (Å²) >= 11 is 0. The van der Waals surface area contributed by atoms with Gasteiger partial charge in [0.15, 0.2) is 6.10 Å². The molecule has 0 amide bonds. The second-order valence-corrected chi connectivity index (χ2v) is 3.93. The molecular formula is C13H18O5. The van der Waals surface area contributed by atoms with Crippen molar-refractivity contribution in [1.29, 1.82) is 0 Å². The summed E-state index contributed by atoms with van der Waals surface area (Å²) in [6.07, 6.45) is -1.34. The molecule has 0 spiro atoms. The molecule has 2 N–H and O–H groups in total. The molecule has 1 aromatic carbocycles. The van der Waals surface area contributed by atoms with Crippen molar-refractivity contribution in [3.8, 4) is 11.5 Å². The Labute approximate surface area is 106 Å². The highest BCUT2D eigenvalue weighted by atomic mass is 16.5. The first-order chi connectivity index (χ1) is 8.49. The molecule has 2 atom stereocenters. The smallest absolute Gasteiger partial charge is 0.344 e. The maximum absolute atomic E-state index is 11.0. The van der Waals surface area contributed by atoms with Gasteiger partial charge in [-0.15, -0.1) is 0 Å². The lowest BCUT2D eigenvalue weighted by molar-refractivity contribution is -0.145. The van der Waals surface area contributed by atoms with E-state index < -0.39 is 18.2 Å². The minimum atomic E-state index is -1.03. The maximum Gasteiger partial charge on any atom is 0.344 e. The summed E-state index contributed by atoms with van der Waals surface area (Å²) in [6.45, 7) is 3.32. The molecule has 5 nitrogen and oxygen atoms in total. The minimum Gasteiger partial charge on any atom is -0.497 e. The van der Waals surface area contributed by atoms with Gasteiger partial charge in [-0.05, 0) is 25.5 Å². The summed E-state index contributed by atoms with van der Waals surface area (Å²) in [6, 6.07) is 4.93. The average molecular weight is 254 g/mol. The summed E-state index contributed by atoms with van der Waals surface area (Å²) in [5.41, 5.74) is 0.538. The van der Waals surface area contributed by atoms with Gasteiger partial charge in [-0.25, -0.2) is 4.79 Å². The number of carboxylic acids is 1. The van der Waals surface area contributed by atoms with Crippen molar-refractivity contribution in [2.24, 2.45) is 0 Å². The van der Waals surface area contributed by atoms with Crippen LogP contribution in [0.1, 0.15) is 31.9 Å². The van der Waals surface area contributed by atoms with Gasteiger partial charge < -0.3 is 19.7 Å². The zero-order valence-electron chi connectivity index (χ0n) is 10.7. The van der Waals surface area contributed by atoms with Crippen LogP contribution in [0, 0.1) is 0 Å². The van der Waals surface area contributed by atoms with E-state index in [9.17, 15) is 9.90 Å². The molecule has 0 saturated heterocycles. The number of aliphatic carboxylic acids is 1. The van der Waals surface area contributed by atoms with Gasteiger partial charge in [0, 0.05) is 11.6 Å². The summed E-state index contributed by atoms with van der Waals surface area (Å²) < 4.78 is 10.5. The lowest BCUT2D eigenvalue weighted by Crippen LogP contribution is -2.26. The Morgan fingerprint density at radius 2 is 2.11 bits per heavy atom. The van der Waals surface area contributed by atoms with Crippen LogP contribution in [0.15, 0.2) is 18.2 Å². The Balaban J connectivity index is 3.07. The quantitative estimate of drug-likeness (QED) is 0.812. The predicted octanol–water partition coefficient (Wildman–Crippen LogP) is 1.99. The van der Waals surface area contributed by atoms with Crippen molar-refractivity contribution in [3.05, 3.63) is 23.8 Å². The van der Waals surface area contributed by atoms with E-state index in [0.717, 1.165) is 0 Å². The van der Waals surface area contributed by atoms with E-state index in [1.165, 1.54) is 7.11 Å². The van der Waals surface area contributed by atoms with Gasteiger partial charge in [-0.3, -0.25) is 0 Å². The van der Waals surface area contributed by atoms with E-state index in [1.807, 2.05) is 0 Å². The summed E-state index contributed by atoms with van der Waals surface area (Å²) in [4.78, 5) is 11.0. The SMILES string of the molecule is CCC(Oc1cc(OC)ccc1[C@@H](C)O)C(=O)O. The fourth-order valence-electron chi connectivity index (χ4n) is 1.55. The lowest BCUT2D eigenvalue weighted by Gasteiger charge is -2.18. The first kappa shape index (κ1) is 14.3. The summed E-state index contributed by atoms with van der Waals surface area (Å²) in [5, 5.41) is 18.6. The number of benzene rings is 1. The molecule has 0 saturated carbocycles. The Bertz CT molecular complexity index is 414. The molecule has 0 aliphatic heterocycles. The van der Waals surface area contributed by atoms with Crippen LogP contribution in [0.5, 0.6) is 11.5 Å². The molecule has 1 aromatic rings. The normalized spacial score (nSPS) is 13.8. The molecule has 1 rings (SSSR count). The van der Waals surface area contributed by atoms with Crippen LogP contribution in [0.25, 0.3) is 0 Å². The molecule has 1 unspecified atom stereocenters. The molecule has 18 heavy (non-hydrogen) atoms. The van der Waals surface area contributed by atoms with Crippen LogP contribution in [-0.4, -0.2) is 29.4 Å². The molecule has 0 aromatic heterocycles. The number of hydrogen-bond donors (Lipinski definition) is 2. The van der Waals surface area contributed by atoms with Gasteiger partial charge in [-0.2, -0.15) is 0 Å². The van der Waals surface area contributed by atoms with Gasteiger partial charge in [0.25, 0.3) is 0 Å². The highest BCUT2D eigenvalue weighted by molar-refractivity contribution is 5.72. The van der Waals surface area contributed by atoms with Gasteiger partial charge in [0.1, 0.15) is 11.5 Å². The van der Waals surface area contributed by atoms with E-state index in [1.54, 1.807) is 32.0 Å². The van der Waals surface area contributed by atoms with Crippen molar-refractivity contribution in [3.63, 3.8) is 0 Å². The van der Waals surface area contributed by atoms with Crippen LogP contribution >= 0.6 is 0 Å². The Morgan fingerprint density at radius 3 is 2.56 bits per heavy atom. The van der Waals surface area contributed by atoms with E-state index in [-0.39, 0.29) is 0 Å². The van der Waals surface area contributed by atoms with Crippen LogP contribution in [0.4, 0.5) is 0 Å². The molecule has 0 radical (unpaired) electrons. The Kier molecular flexibility index (Phi) is 4.97. The fraction of sp³-hybridized carbons (Fsp3) is 0.462. The summed E-state index contributed by atoms with van der Waals surface area (Å²) in [5.74, 6) is -0.148. The Hall–Kier alpha value is -1.75. The first-order valence-electron chi connectivity index (χ1n) is 5.75. The first-order valence-corrected chi connectivity index (χ1v) is 5.75. The number of carboxylic acid groups (broad SMARTS) is 1. The van der Waals surface area contributed by atoms with E-state index in [0.29, 0.717) is 23.5 Å². The van der Waals surface area contributed by atoms with Crippen LogP contribution in [0.2, 0.25) is 0 Å². The number of hydrogen-bond acceptors (Lipinski definition) is 4. The number of rotatable bonds is 6. The second-order valence-electron chi connectivity index (χ2n) is 3.93. The third kappa shape index (κ3) is 3.37. The molecular weight excluding hydrogens is 236 g/mol. The average Bonchev–Trinajstić information content (AvgIpc) is 2.34. The van der Waals surface area contributed by atoms with E-state index >= 15 is 0 Å². The van der Waals surface area contributed by atoms with Gasteiger partial charge in [0.05, 0.1) is 13.2 Å². The van der Waals surface area contributed by atoms with E-state index in [2.05, 4.69) is 0 Å². The van der Waals surface area contributed by atoms with Crippen molar-refractivity contribution < 1.29 is 24.5 Å². The van der Waals surface area contributed by atoms with Crippen molar-refractivity contribution in [1.82, 2.24) is 0 Å². The number of methoxy groups -OCH3 is 1.